The molecule has 0 spiro atoms. The highest BCUT2D eigenvalue weighted by atomic mass is 16.2. The minimum Gasteiger partial charge on any atom is -0.282 e. The van der Waals surface area contributed by atoms with Crippen LogP contribution in [0, 0.1) is 34.5 Å². The number of hydrogen-bond acceptors (Lipinski definition) is 3. The largest absolute Gasteiger partial charge is 0.282 e. The Morgan fingerprint density at radius 1 is 1.20 bits per heavy atom. The maximum atomic E-state index is 12.2. The van der Waals surface area contributed by atoms with E-state index in [4.69, 9.17) is 5.26 Å². The molecule has 110 valence electrons. The van der Waals surface area contributed by atoms with Crippen LogP contribution in [0.5, 0.6) is 0 Å². The molecule has 1 saturated heterocycles. The second-order valence-corrected chi connectivity index (χ2v) is 7.07. The predicted molar refractivity (Wildman–Crippen MR) is 75.3 cm³/mol. The second-order valence-electron chi connectivity index (χ2n) is 7.07. The van der Waals surface area contributed by atoms with Crippen LogP contribution in [0.25, 0.3) is 0 Å². The van der Waals surface area contributed by atoms with Gasteiger partial charge in [-0.2, -0.15) is 5.26 Å². The van der Waals surface area contributed by atoms with E-state index in [9.17, 15) is 9.59 Å². The molecule has 1 heterocycles. The molecule has 2 atom stereocenters. The van der Waals surface area contributed by atoms with Gasteiger partial charge in [0.1, 0.15) is 0 Å². The summed E-state index contributed by atoms with van der Waals surface area (Å²) in [5.41, 5.74) is -0.315. The van der Waals surface area contributed by atoms with Gasteiger partial charge in [0.05, 0.1) is 23.3 Å². The maximum absolute atomic E-state index is 12.2. The van der Waals surface area contributed by atoms with Crippen molar-refractivity contribution in [1.29, 1.82) is 5.26 Å². The zero-order valence-corrected chi connectivity index (χ0v) is 12.7. The van der Waals surface area contributed by atoms with E-state index in [1.807, 2.05) is 13.8 Å². The summed E-state index contributed by atoms with van der Waals surface area (Å²) in [6.45, 7) is 6.49. The van der Waals surface area contributed by atoms with Crippen molar-refractivity contribution in [3.63, 3.8) is 0 Å². The van der Waals surface area contributed by atoms with Crippen LogP contribution in [0.2, 0.25) is 0 Å². The summed E-state index contributed by atoms with van der Waals surface area (Å²) in [6, 6.07) is 2.28. The Hall–Kier alpha value is -1.37. The molecule has 0 aromatic heterocycles. The van der Waals surface area contributed by atoms with Crippen LogP contribution in [0.1, 0.15) is 52.9 Å². The molecule has 2 rings (SSSR count). The number of nitrogens with zero attached hydrogens (tertiary/aromatic N) is 2. The number of carbonyl (C=O) groups excluding carboxylic acids is 2. The molecular formula is C16H24N2O2. The van der Waals surface area contributed by atoms with Gasteiger partial charge in [-0.1, -0.05) is 13.3 Å². The first-order valence-corrected chi connectivity index (χ1v) is 7.62. The second kappa shape index (κ2) is 5.55. The van der Waals surface area contributed by atoms with Crippen LogP contribution in [0.4, 0.5) is 0 Å². The Morgan fingerprint density at radius 2 is 1.75 bits per heavy atom. The molecule has 1 saturated carbocycles. The van der Waals surface area contributed by atoms with E-state index in [1.54, 1.807) is 0 Å². The maximum Gasteiger partial charge on any atom is 0.233 e. The first-order chi connectivity index (χ1) is 9.35. The van der Waals surface area contributed by atoms with Crippen molar-refractivity contribution in [2.75, 3.05) is 6.54 Å². The number of rotatable bonds is 5. The highest BCUT2D eigenvalue weighted by Crippen LogP contribution is 2.42. The van der Waals surface area contributed by atoms with Crippen molar-refractivity contribution in [2.24, 2.45) is 23.2 Å². The normalized spacial score (nSPS) is 29.7. The molecule has 4 nitrogen and oxygen atoms in total. The topological polar surface area (TPSA) is 61.2 Å². The summed E-state index contributed by atoms with van der Waals surface area (Å²) in [5, 5.41) is 8.95. The van der Waals surface area contributed by atoms with Crippen molar-refractivity contribution < 1.29 is 9.59 Å². The van der Waals surface area contributed by atoms with Crippen LogP contribution >= 0.6 is 0 Å². The van der Waals surface area contributed by atoms with Gasteiger partial charge in [0.25, 0.3) is 0 Å². The summed E-state index contributed by atoms with van der Waals surface area (Å²) in [4.78, 5) is 26.0. The molecule has 4 heteroatoms. The number of fused-ring (bicyclic) bond motifs is 1. The smallest absolute Gasteiger partial charge is 0.233 e. The quantitative estimate of drug-likeness (QED) is 0.573. The third-order valence-electron chi connectivity index (χ3n) is 4.70. The van der Waals surface area contributed by atoms with Crippen LogP contribution in [-0.4, -0.2) is 23.3 Å². The highest BCUT2D eigenvalue weighted by Gasteiger charge is 2.51. The average molecular weight is 276 g/mol. The average Bonchev–Trinajstić information content (AvgIpc) is 2.87. The highest BCUT2D eigenvalue weighted by molar-refractivity contribution is 6.05. The first kappa shape index (κ1) is 15.0. The fourth-order valence-electron chi connectivity index (χ4n) is 3.46. The fourth-order valence-corrected chi connectivity index (χ4v) is 3.46. The van der Waals surface area contributed by atoms with Gasteiger partial charge in [-0.3, -0.25) is 14.5 Å². The van der Waals surface area contributed by atoms with Crippen LogP contribution in [0.3, 0.4) is 0 Å². The van der Waals surface area contributed by atoms with Gasteiger partial charge in [0.2, 0.25) is 11.8 Å². The Morgan fingerprint density at radius 3 is 2.25 bits per heavy atom. The van der Waals surface area contributed by atoms with Crippen LogP contribution in [0.15, 0.2) is 0 Å². The zero-order chi connectivity index (χ0) is 14.9. The summed E-state index contributed by atoms with van der Waals surface area (Å²) >= 11 is 0. The standard InChI is InChI=1S/C16H24N2O2/c1-11-8-12-13(9-11)15(20)18(14(12)19)7-5-4-6-16(2,3)10-17/h11-13H,4-9H2,1-3H3. The lowest BCUT2D eigenvalue weighted by Gasteiger charge is -2.18. The predicted octanol–water partition coefficient (Wildman–Crippen LogP) is 2.74. The van der Waals surface area contributed by atoms with E-state index in [1.165, 1.54) is 4.90 Å². The number of imide groups is 1. The van der Waals surface area contributed by atoms with Crippen LogP contribution in [-0.2, 0) is 9.59 Å². The van der Waals surface area contributed by atoms with Crippen LogP contribution < -0.4 is 0 Å². The Balaban J connectivity index is 1.82. The molecule has 2 amide bonds. The molecule has 1 aliphatic carbocycles. The lowest BCUT2D eigenvalue weighted by atomic mass is 9.89. The number of likely N-dealkylation sites (tertiary alicyclic amines) is 1. The van der Waals surface area contributed by atoms with E-state index in [2.05, 4.69) is 13.0 Å². The molecule has 0 N–H and O–H groups in total. The number of hydrogen-bond donors (Lipinski definition) is 0. The van der Waals surface area contributed by atoms with Crippen molar-refractivity contribution in [3.05, 3.63) is 0 Å². The number of amides is 2. The molecule has 0 aromatic carbocycles. The molecular weight excluding hydrogens is 252 g/mol. The van der Waals surface area contributed by atoms with Gasteiger partial charge in [0.15, 0.2) is 0 Å². The number of nitriles is 1. The van der Waals surface area contributed by atoms with Gasteiger partial charge in [-0.05, 0) is 45.4 Å². The molecule has 2 unspecified atom stereocenters. The molecule has 2 fully saturated rings. The fraction of sp³-hybridized carbons (Fsp3) is 0.812. The minimum absolute atomic E-state index is 0.0453. The first-order valence-electron chi connectivity index (χ1n) is 7.62. The summed E-state index contributed by atoms with van der Waals surface area (Å²) in [5.74, 6) is 0.491. The molecule has 2 aliphatic rings. The third kappa shape index (κ3) is 2.87. The lowest BCUT2D eigenvalue weighted by molar-refractivity contribution is -0.140. The van der Waals surface area contributed by atoms with Crippen molar-refractivity contribution in [2.45, 2.75) is 52.9 Å². The molecule has 0 radical (unpaired) electrons. The van der Waals surface area contributed by atoms with Crippen molar-refractivity contribution in [3.8, 4) is 6.07 Å². The Kier molecular flexibility index (Phi) is 4.17. The van der Waals surface area contributed by atoms with E-state index in [0.29, 0.717) is 12.5 Å². The Bertz CT molecular complexity index is 426. The van der Waals surface area contributed by atoms with E-state index < -0.39 is 0 Å². The molecule has 20 heavy (non-hydrogen) atoms. The Labute approximate surface area is 121 Å². The molecule has 0 bridgehead atoms. The summed E-state index contributed by atoms with van der Waals surface area (Å²) < 4.78 is 0. The molecule has 0 aromatic rings. The summed E-state index contributed by atoms with van der Waals surface area (Å²) in [6.07, 6.45) is 4.23. The van der Waals surface area contributed by atoms with Gasteiger partial charge in [0, 0.05) is 6.54 Å². The van der Waals surface area contributed by atoms with E-state index in [-0.39, 0.29) is 29.1 Å². The SMILES string of the molecule is CC1CC2C(=O)N(CCCCC(C)(C)C#N)C(=O)C2C1. The van der Waals surface area contributed by atoms with Crippen molar-refractivity contribution in [1.82, 2.24) is 4.90 Å². The number of carbonyl (C=O) groups is 2. The van der Waals surface area contributed by atoms with E-state index in [0.717, 1.165) is 32.1 Å². The van der Waals surface area contributed by atoms with Gasteiger partial charge < -0.3 is 0 Å². The molecule has 1 aliphatic heterocycles. The lowest BCUT2D eigenvalue weighted by Crippen LogP contribution is -2.33. The summed E-state index contributed by atoms with van der Waals surface area (Å²) in [7, 11) is 0. The third-order valence-corrected chi connectivity index (χ3v) is 4.70. The minimum atomic E-state index is -0.315. The van der Waals surface area contributed by atoms with Crippen molar-refractivity contribution >= 4 is 11.8 Å². The van der Waals surface area contributed by atoms with Gasteiger partial charge >= 0.3 is 0 Å². The van der Waals surface area contributed by atoms with Gasteiger partial charge in [-0.15, -0.1) is 0 Å². The number of unbranched alkanes of at least 4 members (excludes halogenated alkanes) is 1. The van der Waals surface area contributed by atoms with Gasteiger partial charge in [-0.25, -0.2) is 0 Å². The zero-order valence-electron chi connectivity index (χ0n) is 12.7. The monoisotopic (exact) mass is 276 g/mol. The van der Waals surface area contributed by atoms with E-state index >= 15 is 0 Å².